The van der Waals surface area contributed by atoms with Gasteiger partial charge in [-0.25, -0.2) is 9.78 Å². The van der Waals surface area contributed by atoms with Crippen LogP contribution in [0.1, 0.15) is 32.7 Å². The standard InChI is InChI=1S/C22H30N2O5/c1-13-8-14(2)20(15(3)9-13)29-21-19(22(25)28-7)18(10-16(4)23-21)24-17(11-26-5)12-27-6/h8-10,17H,11-12H2,1-7H3,(H,23,24). The van der Waals surface area contributed by atoms with E-state index in [1.54, 1.807) is 20.3 Å². The number of aryl methyl sites for hydroxylation is 4. The first-order valence-electron chi connectivity index (χ1n) is 9.40. The Bertz CT molecular complexity index is 838. The number of anilines is 1. The number of benzene rings is 1. The lowest BCUT2D eigenvalue weighted by molar-refractivity contribution is 0.0597. The van der Waals surface area contributed by atoms with Gasteiger partial charge >= 0.3 is 5.97 Å². The molecule has 2 rings (SSSR count). The molecule has 0 saturated heterocycles. The highest BCUT2D eigenvalue weighted by molar-refractivity contribution is 5.98. The van der Waals surface area contributed by atoms with E-state index in [0.717, 1.165) is 16.7 Å². The molecule has 0 saturated carbocycles. The van der Waals surface area contributed by atoms with Crippen LogP contribution in [0.5, 0.6) is 11.6 Å². The maximum atomic E-state index is 12.6. The third kappa shape index (κ3) is 5.68. The molecule has 7 heteroatoms. The lowest BCUT2D eigenvalue weighted by Gasteiger charge is -2.22. The van der Waals surface area contributed by atoms with Crippen LogP contribution in [-0.4, -0.2) is 51.5 Å². The number of ether oxygens (including phenoxy) is 4. The van der Waals surface area contributed by atoms with Gasteiger partial charge < -0.3 is 24.3 Å². The summed E-state index contributed by atoms with van der Waals surface area (Å²) in [6.45, 7) is 8.62. The van der Waals surface area contributed by atoms with Crippen molar-refractivity contribution in [3.05, 3.63) is 46.1 Å². The summed E-state index contributed by atoms with van der Waals surface area (Å²) >= 11 is 0. The van der Waals surface area contributed by atoms with E-state index < -0.39 is 5.97 Å². The number of hydrogen-bond acceptors (Lipinski definition) is 7. The second kappa shape index (κ2) is 10.2. The lowest BCUT2D eigenvalue weighted by Crippen LogP contribution is -2.30. The van der Waals surface area contributed by atoms with Gasteiger partial charge in [0.25, 0.3) is 0 Å². The third-order valence-corrected chi connectivity index (χ3v) is 4.40. The summed E-state index contributed by atoms with van der Waals surface area (Å²) in [6, 6.07) is 5.68. The summed E-state index contributed by atoms with van der Waals surface area (Å²) in [5, 5.41) is 3.30. The van der Waals surface area contributed by atoms with Crippen molar-refractivity contribution in [2.75, 3.05) is 39.9 Å². The minimum atomic E-state index is -0.536. The number of rotatable bonds is 9. The fraction of sp³-hybridized carbons (Fsp3) is 0.455. The summed E-state index contributed by atoms with van der Waals surface area (Å²) in [5.74, 6) is 0.337. The van der Waals surface area contributed by atoms with Crippen molar-refractivity contribution in [1.29, 1.82) is 0 Å². The highest BCUT2D eigenvalue weighted by atomic mass is 16.5. The summed E-state index contributed by atoms with van der Waals surface area (Å²) in [4.78, 5) is 17.1. The molecule has 0 aliphatic carbocycles. The lowest BCUT2D eigenvalue weighted by atomic mass is 10.1. The minimum Gasteiger partial charge on any atom is -0.465 e. The van der Waals surface area contributed by atoms with Crippen molar-refractivity contribution in [2.24, 2.45) is 0 Å². The zero-order chi connectivity index (χ0) is 21.6. The maximum Gasteiger partial charge on any atom is 0.345 e. The molecule has 2 aromatic rings. The second-order valence-corrected chi connectivity index (χ2v) is 7.06. The fourth-order valence-electron chi connectivity index (χ4n) is 3.31. The molecule has 0 amide bonds. The Morgan fingerprint density at radius 2 is 1.59 bits per heavy atom. The number of methoxy groups -OCH3 is 3. The van der Waals surface area contributed by atoms with Crippen molar-refractivity contribution in [3.63, 3.8) is 0 Å². The molecule has 158 valence electrons. The van der Waals surface area contributed by atoms with E-state index >= 15 is 0 Å². The Labute approximate surface area is 172 Å². The van der Waals surface area contributed by atoms with Gasteiger partial charge in [0.15, 0.2) is 0 Å². The van der Waals surface area contributed by atoms with Crippen molar-refractivity contribution in [2.45, 2.75) is 33.7 Å². The SMILES string of the molecule is COCC(COC)Nc1cc(C)nc(Oc2c(C)cc(C)cc2C)c1C(=O)OC. The number of nitrogens with one attached hydrogen (secondary N) is 1. The molecule has 1 aromatic heterocycles. The molecule has 0 aliphatic heterocycles. The van der Waals surface area contributed by atoms with Gasteiger partial charge in [-0.3, -0.25) is 0 Å². The van der Waals surface area contributed by atoms with E-state index in [1.807, 2.05) is 39.8 Å². The van der Waals surface area contributed by atoms with Crippen molar-refractivity contribution in [3.8, 4) is 11.6 Å². The van der Waals surface area contributed by atoms with Crippen LogP contribution in [0.2, 0.25) is 0 Å². The van der Waals surface area contributed by atoms with Gasteiger partial charge in [-0.15, -0.1) is 0 Å². The molecule has 29 heavy (non-hydrogen) atoms. The predicted octanol–water partition coefficient (Wildman–Crippen LogP) is 3.97. The van der Waals surface area contributed by atoms with E-state index in [1.165, 1.54) is 7.11 Å². The summed E-state index contributed by atoms with van der Waals surface area (Å²) in [7, 11) is 4.56. The zero-order valence-electron chi connectivity index (χ0n) is 18.2. The average Bonchev–Trinajstić information content (AvgIpc) is 2.64. The molecule has 1 heterocycles. The van der Waals surface area contributed by atoms with Gasteiger partial charge in [-0.2, -0.15) is 0 Å². The molecule has 0 atom stereocenters. The number of carbonyl (C=O) groups is 1. The van der Waals surface area contributed by atoms with Crippen LogP contribution in [0, 0.1) is 27.7 Å². The first-order valence-corrected chi connectivity index (χ1v) is 9.40. The third-order valence-electron chi connectivity index (χ3n) is 4.40. The highest BCUT2D eigenvalue weighted by Crippen LogP contribution is 2.34. The van der Waals surface area contributed by atoms with Gasteiger partial charge in [0.05, 0.1) is 32.1 Å². The minimum absolute atomic E-state index is 0.161. The first kappa shape index (κ1) is 22.6. The topological polar surface area (TPSA) is 78.9 Å². The first-order chi connectivity index (χ1) is 13.8. The second-order valence-electron chi connectivity index (χ2n) is 7.06. The Hall–Kier alpha value is -2.64. The average molecular weight is 402 g/mol. The Kier molecular flexibility index (Phi) is 7.99. The predicted molar refractivity (Wildman–Crippen MR) is 112 cm³/mol. The van der Waals surface area contributed by atoms with Crippen LogP contribution < -0.4 is 10.1 Å². The number of carbonyl (C=O) groups excluding carboxylic acids is 1. The summed E-state index contributed by atoms with van der Waals surface area (Å²) in [6.07, 6.45) is 0. The van der Waals surface area contributed by atoms with Crippen LogP contribution in [0.25, 0.3) is 0 Å². The molecule has 0 unspecified atom stereocenters. The molecular weight excluding hydrogens is 372 g/mol. The Balaban J connectivity index is 2.54. The maximum absolute atomic E-state index is 12.6. The molecule has 0 aliphatic rings. The van der Waals surface area contributed by atoms with E-state index in [0.29, 0.717) is 30.3 Å². The van der Waals surface area contributed by atoms with Gasteiger partial charge in [-0.1, -0.05) is 17.7 Å². The molecule has 1 aromatic carbocycles. The number of hydrogen-bond donors (Lipinski definition) is 1. The Morgan fingerprint density at radius 3 is 2.10 bits per heavy atom. The van der Waals surface area contributed by atoms with E-state index in [9.17, 15) is 4.79 Å². The van der Waals surface area contributed by atoms with Gasteiger partial charge in [0, 0.05) is 19.9 Å². The quantitative estimate of drug-likeness (QED) is 0.636. The number of pyridine rings is 1. The molecule has 0 bridgehead atoms. The molecule has 0 spiro atoms. The Morgan fingerprint density at radius 1 is 1.00 bits per heavy atom. The number of nitrogens with zero attached hydrogens (tertiary/aromatic N) is 1. The van der Waals surface area contributed by atoms with Crippen LogP contribution in [0.4, 0.5) is 5.69 Å². The molecular formula is C22H30N2O5. The normalized spacial score (nSPS) is 10.9. The van der Waals surface area contributed by atoms with Crippen molar-refractivity contribution < 1.29 is 23.7 Å². The van der Waals surface area contributed by atoms with E-state index in [2.05, 4.69) is 10.3 Å². The van der Waals surface area contributed by atoms with Crippen molar-refractivity contribution >= 4 is 11.7 Å². The molecule has 1 N–H and O–H groups in total. The highest BCUT2D eigenvalue weighted by Gasteiger charge is 2.24. The summed E-state index contributed by atoms with van der Waals surface area (Å²) in [5.41, 5.74) is 4.56. The fourth-order valence-corrected chi connectivity index (χ4v) is 3.31. The van der Waals surface area contributed by atoms with Gasteiger partial charge in [-0.05, 0) is 44.9 Å². The van der Waals surface area contributed by atoms with E-state index in [4.69, 9.17) is 18.9 Å². The summed E-state index contributed by atoms with van der Waals surface area (Å²) < 4.78 is 21.7. The van der Waals surface area contributed by atoms with Gasteiger partial charge in [0.2, 0.25) is 5.88 Å². The number of esters is 1. The van der Waals surface area contributed by atoms with Gasteiger partial charge in [0.1, 0.15) is 11.3 Å². The smallest absolute Gasteiger partial charge is 0.345 e. The van der Waals surface area contributed by atoms with E-state index in [-0.39, 0.29) is 17.5 Å². The van der Waals surface area contributed by atoms with Crippen LogP contribution in [-0.2, 0) is 14.2 Å². The number of aromatic nitrogens is 1. The molecule has 7 nitrogen and oxygen atoms in total. The van der Waals surface area contributed by atoms with Crippen LogP contribution in [0.3, 0.4) is 0 Å². The van der Waals surface area contributed by atoms with Crippen molar-refractivity contribution in [1.82, 2.24) is 4.98 Å². The zero-order valence-corrected chi connectivity index (χ0v) is 18.2. The largest absolute Gasteiger partial charge is 0.465 e. The monoisotopic (exact) mass is 402 g/mol. The van der Waals surface area contributed by atoms with Crippen LogP contribution >= 0.6 is 0 Å². The van der Waals surface area contributed by atoms with Crippen LogP contribution in [0.15, 0.2) is 18.2 Å². The molecule has 0 fully saturated rings. The molecule has 0 radical (unpaired) electrons.